The Morgan fingerprint density at radius 2 is 2.08 bits per heavy atom. The number of benzene rings is 1. The van der Waals surface area contributed by atoms with Gasteiger partial charge in [-0.15, -0.1) is 16.8 Å². The Hall–Kier alpha value is -2.08. The Kier molecular flexibility index (Phi) is 6.61. The number of nitrogens with one attached hydrogen (secondary N) is 1. The van der Waals surface area contributed by atoms with Crippen LogP contribution in [0.2, 0.25) is 0 Å². The van der Waals surface area contributed by atoms with Gasteiger partial charge in [0.05, 0.1) is 5.25 Å². The van der Waals surface area contributed by atoms with E-state index in [1.54, 1.807) is 12.4 Å². The van der Waals surface area contributed by atoms with Crippen molar-refractivity contribution in [1.29, 1.82) is 0 Å². The summed E-state index contributed by atoms with van der Waals surface area (Å²) in [5.41, 5.74) is 2.10. The molecule has 1 amide bonds. The Morgan fingerprint density at radius 1 is 1.38 bits per heavy atom. The van der Waals surface area contributed by atoms with E-state index >= 15 is 0 Å². The van der Waals surface area contributed by atoms with Gasteiger partial charge in [-0.05, 0) is 37.0 Å². The van der Waals surface area contributed by atoms with Crippen molar-refractivity contribution < 1.29 is 4.79 Å². The fourth-order valence-corrected chi connectivity index (χ4v) is 3.02. The minimum absolute atomic E-state index is 0.0514. The van der Waals surface area contributed by atoms with Crippen molar-refractivity contribution in [3.8, 4) is 0 Å². The second-order valence-electron chi connectivity index (χ2n) is 5.74. The lowest BCUT2D eigenvalue weighted by molar-refractivity contribution is -0.115. The van der Waals surface area contributed by atoms with Gasteiger partial charge in [0.15, 0.2) is 5.16 Å². The van der Waals surface area contributed by atoms with Crippen molar-refractivity contribution in [2.45, 2.75) is 50.1 Å². The predicted octanol–water partition coefficient (Wildman–Crippen LogP) is 4.10. The molecular formula is C18H24N4OS. The Labute approximate surface area is 147 Å². The van der Waals surface area contributed by atoms with Gasteiger partial charge in [-0.2, -0.15) is 0 Å². The number of rotatable bonds is 8. The summed E-state index contributed by atoms with van der Waals surface area (Å²) in [6.45, 7) is 10.6. The molecule has 0 aliphatic carbocycles. The summed E-state index contributed by atoms with van der Waals surface area (Å²) in [5, 5.41) is 11.3. The van der Waals surface area contributed by atoms with Crippen LogP contribution in [0.3, 0.4) is 0 Å². The Bertz CT molecular complexity index is 681. The summed E-state index contributed by atoms with van der Waals surface area (Å²) < 4.78 is 1.86. The molecule has 1 aromatic heterocycles. The lowest BCUT2D eigenvalue weighted by atomic mass is 9.99. The highest BCUT2D eigenvalue weighted by Gasteiger charge is 2.18. The minimum atomic E-state index is -0.271. The van der Waals surface area contributed by atoms with Gasteiger partial charge >= 0.3 is 0 Å². The molecule has 2 aromatic rings. The first-order valence-electron chi connectivity index (χ1n) is 8.11. The topological polar surface area (TPSA) is 59.8 Å². The lowest BCUT2D eigenvalue weighted by Crippen LogP contribution is -2.22. The first kappa shape index (κ1) is 18.3. The minimum Gasteiger partial charge on any atom is -0.325 e. The van der Waals surface area contributed by atoms with E-state index in [4.69, 9.17) is 0 Å². The third kappa shape index (κ3) is 4.71. The average Bonchev–Trinajstić information content (AvgIpc) is 3.02. The molecular weight excluding hydrogens is 320 g/mol. The zero-order valence-electron chi connectivity index (χ0n) is 14.4. The molecule has 24 heavy (non-hydrogen) atoms. The first-order valence-corrected chi connectivity index (χ1v) is 8.99. The smallest absolute Gasteiger partial charge is 0.237 e. The van der Waals surface area contributed by atoms with Crippen LogP contribution >= 0.6 is 11.8 Å². The molecule has 0 bridgehead atoms. The van der Waals surface area contributed by atoms with E-state index in [9.17, 15) is 4.79 Å². The third-order valence-electron chi connectivity index (χ3n) is 3.92. The standard InChI is InChI=1S/C18H24N4OS/c1-5-11-22-12-19-21-18(22)24-14(4)17(23)20-16-9-7-15(8-10-16)13(3)6-2/h5,7-10,12-14H,1,6,11H2,2-4H3,(H,20,23)/t13-,14+/m0/s1. The SMILES string of the molecule is C=CCn1cnnc1S[C@H](C)C(=O)Nc1ccc([C@@H](C)CC)cc1. The molecule has 0 fully saturated rings. The van der Waals surface area contributed by atoms with Gasteiger partial charge in [0.25, 0.3) is 0 Å². The zero-order chi connectivity index (χ0) is 17.5. The summed E-state index contributed by atoms with van der Waals surface area (Å²) in [5.74, 6) is 0.477. The molecule has 6 heteroatoms. The maximum atomic E-state index is 12.4. The molecule has 2 rings (SSSR count). The molecule has 5 nitrogen and oxygen atoms in total. The van der Waals surface area contributed by atoms with E-state index in [0.717, 1.165) is 12.1 Å². The van der Waals surface area contributed by atoms with Crippen LogP contribution < -0.4 is 5.32 Å². The van der Waals surface area contributed by atoms with E-state index in [-0.39, 0.29) is 11.2 Å². The van der Waals surface area contributed by atoms with Crippen molar-refractivity contribution in [3.63, 3.8) is 0 Å². The highest BCUT2D eigenvalue weighted by atomic mass is 32.2. The number of carbonyl (C=O) groups excluding carboxylic acids is 1. The van der Waals surface area contributed by atoms with Crippen LogP contribution in [-0.4, -0.2) is 25.9 Å². The highest BCUT2D eigenvalue weighted by Crippen LogP contribution is 2.23. The number of nitrogens with zero attached hydrogens (tertiary/aromatic N) is 3. The highest BCUT2D eigenvalue weighted by molar-refractivity contribution is 8.00. The molecule has 0 unspecified atom stereocenters. The fraction of sp³-hybridized carbons (Fsp3) is 0.389. The van der Waals surface area contributed by atoms with Crippen LogP contribution in [0.5, 0.6) is 0 Å². The van der Waals surface area contributed by atoms with Crippen LogP contribution in [0.1, 0.15) is 38.7 Å². The molecule has 128 valence electrons. The van der Waals surface area contributed by atoms with Crippen LogP contribution in [0, 0.1) is 0 Å². The van der Waals surface area contributed by atoms with Gasteiger partial charge in [-0.25, -0.2) is 0 Å². The average molecular weight is 344 g/mol. The summed E-state index contributed by atoms with van der Waals surface area (Å²) in [6, 6.07) is 8.05. The van der Waals surface area contributed by atoms with Gasteiger partial charge < -0.3 is 9.88 Å². The summed E-state index contributed by atoms with van der Waals surface area (Å²) >= 11 is 1.39. The zero-order valence-corrected chi connectivity index (χ0v) is 15.2. The van der Waals surface area contributed by atoms with E-state index in [0.29, 0.717) is 17.6 Å². The van der Waals surface area contributed by atoms with Crippen molar-refractivity contribution in [2.75, 3.05) is 5.32 Å². The van der Waals surface area contributed by atoms with Crippen molar-refractivity contribution in [3.05, 3.63) is 48.8 Å². The van der Waals surface area contributed by atoms with Gasteiger partial charge in [-0.1, -0.05) is 43.8 Å². The number of aromatic nitrogens is 3. The second kappa shape index (κ2) is 8.68. The summed E-state index contributed by atoms with van der Waals surface area (Å²) in [6.07, 6.45) is 4.52. The molecule has 0 saturated carbocycles. The van der Waals surface area contributed by atoms with Gasteiger partial charge in [0.2, 0.25) is 5.91 Å². The van der Waals surface area contributed by atoms with Gasteiger partial charge in [0, 0.05) is 12.2 Å². The largest absolute Gasteiger partial charge is 0.325 e. The summed E-state index contributed by atoms with van der Waals surface area (Å²) in [7, 11) is 0. The molecule has 0 radical (unpaired) electrons. The third-order valence-corrected chi connectivity index (χ3v) is 5.01. The van der Waals surface area contributed by atoms with Gasteiger partial charge in [0.1, 0.15) is 6.33 Å². The van der Waals surface area contributed by atoms with Crippen LogP contribution in [0.4, 0.5) is 5.69 Å². The van der Waals surface area contributed by atoms with E-state index in [1.165, 1.54) is 17.3 Å². The molecule has 0 spiro atoms. The number of thioether (sulfide) groups is 1. The Morgan fingerprint density at radius 3 is 2.71 bits per heavy atom. The number of carbonyl (C=O) groups is 1. The van der Waals surface area contributed by atoms with E-state index < -0.39 is 0 Å². The Balaban J connectivity index is 1.96. The lowest BCUT2D eigenvalue weighted by Gasteiger charge is -2.13. The molecule has 0 aliphatic heterocycles. The number of hydrogen-bond donors (Lipinski definition) is 1. The molecule has 1 heterocycles. The number of anilines is 1. The summed E-state index contributed by atoms with van der Waals surface area (Å²) in [4.78, 5) is 12.4. The van der Waals surface area contributed by atoms with Crippen LogP contribution in [-0.2, 0) is 11.3 Å². The maximum Gasteiger partial charge on any atom is 0.237 e. The van der Waals surface area contributed by atoms with Crippen LogP contribution in [0.15, 0.2) is 48.4 Å². The number of amides is 1. The fourth-order valence-electron chi connectivity index (χ4n) is 2.19. The second-order valence-corrected chi connectivity index (χ2v) is 7.04. The first-order chi connectivity index (χ1) is 11.5. The molecule has 0 aliphatic rings. The normalized spacial score (nSPS) is 13.3. The van der Waals surface area contributed by atoms with E-state index in [2.05, 4.69) is 48.1 Å². The quantitative estimate of drug-likeness (QED) is 0.578. The maximum absolute atomic E-state index is 12.4. The molecule has 0 saturated heterocycles. The van der Waals surface area contributed by atoms with Crippen molar-refractivity contribution >= 4 is 23.4 Å². The monoisotopic (exact) mass is 344 g/mol. The number of hydrogen-bond acceptors (Lipinski definition) is 4. The molecule has 1 N–H and O–H groups in total. The number of allylic oxidation sites excluding steroid dienone is 1. The van der Waals surface area contributed by atoms with E-state index in [1.807, 2.05) is 23.6 Å². The predicted molar refractivity (Wildman–Crippen MR) is 99.3 cm³/mol. The van der Waals surface area contributed by atoms with Crippen molar-refractivity contribution in [2.24, 2.45) is 0 Å². The van der Waals surface area contributed by atoms with Crippen LogP contribution in [0.25, 0.3) is 0 Å². The molecule has 2 atom stereocenters. The molecule has 1 aromatic carbocycles. The van der Waals surface area contributed by atoms with Gasteiger partial charge in [-0.3, -0.25) is 4.79 Å². The van der Waals surface area contributed by atoms with Crippen molar-refractivity contribution in [1.82, 2.24) is 14.8 Å².